The number of rotatable bonds is 6. The Morgan fingerprint density at radius 1 is 1.10 bits per heavy atom. The van der Waals surface area contributed by atoms with Gasteiger partial charge in [-0.25, -0.2) is 0 Å². The highest BCUT2D eigenvalue weighted by Gasteiger charge is 2.25. The molecule has 0 N–H and O–H groups in total. The van der Waals surface area contributed by atoms with Crippen LogP contribution in [0.1, 0.15) is 46.7 Å². The Balaban J connectivity index is 1.43. The van der Waals surface area contributed by atoms with Gasteiger partial charge in [0.05, 0.1) is 0 Å². The zero-order valence-corrected chi connectivity index (χ0v) is 19.5. The van der Waals surface area contributed by atoms with Gasteiger partial charge in [0.25, 0.3) is 0 Å². The van der Waals surface area contributed by atoms with Crippen LogP contribution in [-0.4, -0.2) is 11.5 Å². The van der Waals surface area contributed by atoms with Crippen molar-refractivity contribution in [3.63, 3.8) is 0 Å². The third-order valence-corrected chi connectivity index (χ3v) is 8.01. The van der Waals surface area contributed by atoms with E-state index in [-0.39, 0.29) is 11.5 Å². The van der Waals surface area contributed by atoms with E-state index >= 15 is 0 Å². The van der Waals surface area contributed by atoms with Crippen molar-refractivity contribution in [2.45, 2.75) is 52.9 Å². The molecule has 0 bridgehead atoms. The second-order valence-electron chi connectivity index (χ2n) is 9.07. The van der Waals surface area contributed by atoms with E-state index in [2.05, 4.69) is 68.7 Å². The molecule has 4 rings (SSSR count). The fourth-order valence-corrected chi connectivity index (χ4v) is 6.11. The van der Waals surface area contributed by atoms with Gasteiger partial charge in [0.1, 0.15) is 0 Å². The molecule has 0 saturated heterocycles. The lowest BCUT2D eigenvalue weighted by atomic mass is 9.82. The molecule has 2 aromatic carbocycles. The summed E-state index contributed by atoms with van der Waals surface area (Å²) >= 11 is 1.92. The van der Waals surface area contributed by atoms with Gasteiger partial charge in [-0.05, 0) is 95.1 Å². The smallest absolute Gasteiger partial charge is 0.207 e. The maximum atomic E-state index is 10.7. The number of nitrogens with zero attached hydrogens (tertiary/aromatic N) is 1. The molecule has 0 aromatic heterocycles. The number of benzene rings is 2. The van der Waals surface area contributed by atoms with Gasteiger partial charge < -0.3 is 0 Å². The van der Waals surface area contributed by atoms with Crippen LogP contribution in [0.15, 0.2) is 58.4 Å². The zero-order valence-electron chi connectivity index (χ0n) is 18.7. The molecule has 4 heteroatoms. The molecule has 1 heterocycles. The van der Waals surface area contributed by atoms with Crippen LogP contribution < -0.4 is 0 Å². The van der Waals surface area contributed by atoms with Gasteiger partial charge in [-0.1, -0.05) is 55.0 Å². The van der Waals surface area contributed by atoms with Crippen LogP contribution in [0, 0.1) is 35.8 Å². The van der Waals surface area contributed by atoms with Crippen molar-refractivity contribution in [3.05, 3.63) is 102 Å². The Morgan fingerprint density at radius 2 is 1.81 bits per heavy atom. The van der Waals surface area contributed by atoms with Crippen molar-refractivity contribution in [2.24, 2.45) is 11.8 Å². The lowest BCUT2D eigenvalue weighted by Crippen LogP contribution is -2.17. The number of thioether (sulfide) groups is 1. The van der Waals surface area contributed by atoms with Crippen molar-refractivity contribution in [3.8, 4) is 0 Å². The molecule has 2 unspecified atom stereocenters. The van der Waals surface area contributed by atoms with E-state index in [1.165, 1.54) is 45.6 Å². The summed E-state index contributed by atoms with van der Waals surface area (Å²) < 4.78 is 0. The van der Waals surface area contributed by atoms with Gasteiger partial charge in [0.2, 0.25) is 6.54 Å². The maximum Gasteiger partial charge on any atom is 0.207 e. The van der Waals surface area contributed by atoms with E-state index < -0.39 is 0 Å². The first-order chi connectivity index (χ1) is 14.9. The number of aryl methyl sites for hydroxylation is 3. The minimum absolute atomic E-state index is 0.00231. The van der Waals surface area contributed by atoms with E-state index in [0.29, 0.717) is 18.3 Å². The van der Waals surface area contributed by atoms with E-state index in [1.54, 1.807) is 0 Å². The molecule has 1 aliphatic carbocycles. The monoisotopic (exact) mass is 433 g/mol. The zero-order chi connectivity index (χ0) is 22.0. The minimum Gasteiger partial charge on any atom is -0.265 e. The van der Waals surface area contributed by atoms with Gasteiger partial charge in [-0.15, -0.1) is 11.8 Å². The Kier molecular flexibility index (Phi) is 6.66. The fraction of sp³-hybridized carbons (Fsp3) is 0.407. The quantitative estimate of drug-likeness (QED) is 0.380. The average molecular weight is 434 g/mol. The SMILES string of the molecule is Cc1cc(CC2=CSC(C3CCc4ccccc4C3)=CC2C)c(C)cc1CC[N+](=O)[O-]. The molecule has 2 aliphatic rings. The molecule has 31 heavy (non-hydrogen) atoms. The average Bonchev–Trinajstić information content (AvgIpc) is 2.76. The van der Waals surface area contributed by atoms with Crippen molar-refractivity contribution in [1.29, 1.82) is 0 Å². The lowest BCUT2D eigenvalue weighted by molar-refractivity contribution is -0.479. The molecule has 3 nitrogen and oxygen atoms in total. The summed E-state index contributed by atoms with van der Waals surface area (Å²) in [7, 11) is 0. The molecule has 2 aromatic rings. The Bertz CT molecular complexity index is 1050. The molecule has 2 atom stereocenters. The summed E-state index contributed by atoms with van der Waals surface area (Å²) in [6.45, 7) is 6.52. The van der Waals surface area contributed by atoms with Crippen molar-refractivity contribution < 1.29 is 4.92 Å². The first kappa shape index (κ1) is 21.9. The molecule has 0 amide bonds. The standard InChI is InChI=1S/C27H31NO2S/c1-18-13-25(19(2)12-22(18)10-11-28(29)30)16-26-17-31-27(14-20(26)3)24-9-8-21-6-4-5-7-23(21)15-24/h4-7,12-14,17,20,24H,8-11,15-16H2,1-3H3. The van der Waals surface area contributed by atoms with E-state index in [4.69, 9.17) is 0 Å². The first-order valence-electron chi connectivity index (χ1n) is 11.3. The Morgan fingerprint density at radius 3 is 2.55 bits per heavy atom. The van der Waals surface area contributed by atoms with Gasteiger partial charge in [-0.3, -0.25) is 10.1 Å². The first-order valence-corrected chi connectivity index (χ1v) is 12.1. The number of nitro groups is 1. The predicted molar refractivity (Wildman–Crippen MR) is 130 cm³/mol. The highest BCUT2D eigenvalue weighted by molar-refractivity contribution is 8.05. The Labute approximate surface area is 189 Å². The number of hydrogen-bond donors (Lipinski definition) is 0. The number of hydrogen-bond acceptors (Lipinski definition) is 3. The normalized spacial score (nSPS) is 20.6. The molecular formula is C27H31NO2S. The molecule has 0 saturated carbocycles. The minimum atomic E-state index is -0.233. The summed E-state index contributed by atoms with van der Waals surface area (Å²) in [5, 5.41) is 13.1. The van der Waals surface area contributed by atoms with Gasteiger partial charge >= 0.3 is 0 Å². The summed E-state index contributed by atoms with van der Waals surface area (Å²) in [6.07, 6.45) is 7.54. The van der Waals surface area contributed by atoms with E-state index in [1.807, 2.05) is 11.8 Å². The van der Waals surface area contributed by atoms with Crippen LogP contribution in [0.3, 0.4) is 0 Å². The second-order valence-corrected chi connectivity index (χ2v) is 10.0. The van der Waals surface area contributed by atoms with Crippen LogP contribution in [0.25, 0.3) is 0 Å². The fourth-order valence-electron chi connectivity index (χ4n) is 4.85. The van der Waals surface area contributed by atoms with Crippen molar-refractivity contribution in [2.75, 3.05) is 6.54 Å². The summed E-state index contributed by atoms with van der Waals surface area (Å²) in [4.78, 5) is 12.0. The molecule has 162 valence electrons. The van der Waals surface area contributed by atoms with E-state index in [0.717, 1.165) is 24.0 Å². The van der Waals surface area contributed by atoms with Crippen molar-refractivity contribution in [1.82, 2.24) is 0 Å². The third kappa shape index (κ3) is 5.12. The van der Waals surface area contributed by atoms with Crippen LogP contribution in [-0.2, 0) is 25.7 Å². The molecule has 1 aliphatic heterocycles. The van der Waals surface area contributed by atoms with Crippen molar-refractivity contribution >= 4 is 11.8 Å². The predicted octanol–water partition coefficient (Wildman–Crippen LogP) is 6.62. The topological polar surface area (TPSA) is 43.1 Å². The summed E-state index contributed by atoms with van der Waals surface area (Å²) in [6, 6.07) is 13.3. The lowest BCUT2D eigenvalue weighted by Gasteiger charge is -2.29. The van der Waals surface area contributed by atoms with Crippen LogP contribution in [0.4, 0.5) is 0 Å². The van der Waals surface area contributed by atoms with Crippen LogP contribution in [0.5, 0.6) is 0 Å². The van der Waals surface area contributed by atoms with Gasteiger partial charge in [0.15, 0.2) is 0 Å². The summed E-state index contributed by atoms with van der Waals surface area (Å²) in [5.41, 5.74) is 9.34. The largest absolute Gasteiger partial charge is 0.265 e. The second kappa shape index (κ2) is 9.44. The van der Waals surface area contributed by atoms with Crippen LogP contribution >= 0.6 is 11.8 Å². The Hall–Kier alpha value is -2.33. The highest BCUT2D eigenvalue weighted by Crippen LogP contribution is 2.41. The molecule has 0 fully saturated rings. The maximum absolute atomic E-state index is 10.7. The third-order valence-electron chi connectivity index (χ3n) is 6.85. The van der Waals surface area contributed by atoms with Gasteiger partial charge in [-0.2, -0.15) is 0 Å². The van der Waals surface area contributed by atoms with Crippen LogP contribution in [0.2, 0.25) is 0 Å². The number of allylic oxidation sites excluding steroid dienone is 3. The molecule has 0 radical (unpaired) electrons. The van der Waals surface area contributed by atoms with E-state index in [9.17, 15) is 10.1 Å². The molecule has 0 spiro atoms. The van der Waals surface area contributed by atoms with Gasteiger partial charge in [0, 0.05) is 11.3 Å². The summed E-state index contributed by atoms with van der Waals surface area (Å²) in [5.74, 6) is 1.09. The molecular weight excluding hydrogens is 402 g/mol. The number of fused-ring (bicyclic) bond motifs is 1. The highest BCUT2D eigenvalue weighted by atomic mass is 32.2.